The van der Waals surface area contributed by atoms with E-state index in [1.54, 1.807) is 0 Å². The van der Waals surface area contributed by atoms with Crippen LogP contribution in [0.15, 0.2) is 24.3 Å². The van der Waals surface area contributed by atoms with Gasteiger partial charge in [0.15, 0.2) is 0 Å². The van der Waals surface area contributed by atoms with Gasteiger partial charge in [-0.25, -0.2) is 0 Å². The lowest BCUT2D eigenvalue weighted by molar-refractivity contribution is -0.137. The first-order chi connectivity index (χ1) is 8.89. The first-order valence-electron chi connectivity index (χ1n) is 4.94. The van der Waals surface area contributed by atoms with E-state index < -0.39 is 49.2 Å². The summed E-state index contributed by atoms with van der Waals surface area (Å²) in [5.41, 5.74) is -0.986. The van der Waals surface area contributed by atoms with Gasteiger partial charge in [0.25, 0.3) is 10.1 Å². The molecule has 0 aliphatic heterocycles. The Labute approximate surface area is 113 Å². The summed E-state index contributed by atoms with van der Waals surface area (Å²) in [5.74, 6) is -2.49. The van der Waals surface area contributed by atoms with Crippen LogP contribution in [0.3, 0.4) is 0 Å². The Morgan fingerprint density at radius 2 is 1.50 bits per heavy atom. The molecule has 1 rings (SSSR count). The van der Waals surface area contributed by atoms with Crippen LogP contribution in [-0.4, -0.2) is 32.9 Å². The Morgan fingerprint density at radius 3 is 1.90 bits per heavy atom. The van der Waals surface area contributed by atoms with E-state index in [1.807, 2.05) is 0 Å². The van der Waals surface area contributed by atoms with E-state index in [1.165, 1.54) is 0 Å². The minimum Gasteiger partial charge on any atom is -0.382 e. The molecule has 1 aromatic rings. The molecule has 0 spiro atoms. The van der Waals surface area contributed by atoms with Gasteiger partial charge in [0.1, 0.15) is 11.5 Å². The van der Waals surface area contributed by atoms with Gasteiger partial charge >= 0.3 is 16.3 Å². The predicted molar refractivity (Wildman–Crippen MR) is 62.3 cm³/mol. The molecule has 11 heteroatoms. The fourth-order valence-corrected chi connectivity index (χ4v) is 3.24. The third kappa shape index (κ3) is 5.75. The number of alkyl halides is 3. The first-order valence-corrected chi connectivity index (χ1v) is 8.12. The highest BCUT2D eigenvalue weighted by Gasteiger charge is 2.30. The summed E-state index contributed by atoms with van der Waals surface area (Å²) in [6.45, 7) is 0. The van der Waals surface area contributed by atoms with Crippen molar-refractivity contribution < 1.29 is 38.7 Å². The smallest absolute Gasteiger partial charge is 0.382 e. The summed E-state index contributed by atoms with van der Waals surface area (Å²) < 4.78 is 93.0. The lowest BCUT2D eigenvalue weighted by Crippen LogP contribution is -2.20. The van der Waals surface area contributed by atoms with Crippen molar-refractivity contribution in [1.29, 1.82) is 0 Å². The summed E-state index contributed by atoms with van der Waals surface area (Å²) in [6, 6.07) is 2.81. The maximum atomic E-state index is 12.3. The standard InChI is InChI=1S/C9H9F3O6S2/c10-9(11,12)7-1-3-8(4-2-7)18-20(16,17)6-5-19(13,14)15/h1-4H,5-6H2,(H,13,14,15). The van der Waals surface area contributed by atoms with Crippen LogP contribution in [0.2, 0.25) is 0 Å². The van der Waals surface area contributed by atoms with E-state index in [-0.39, 0.29) is 0 Å². The van der Waals surface area contributed by atoms with E-state index in [0.29, 0.717) is 12.1 Å². The highest BCUT2D eigenvalue weighted by molar-refractivity contribution is 7.90. The molecule has 0 radical (unpaired) electrons. The largest absolute Gasteiger partial charge is 0.416 e. The Balaban J connectivity index is 2.78. The maximum Gasteiger partial charge on any atom is 0.416 e. The topological polar surface area (TPSA) is 97.7 Å². The van der Waals surface area contributed by atoms with Gasteiger partial charge in [0.2, 0.25) is 0 Å². The van der Waals surface area contributed by atoms with Gasteiger partial charge < -0.3 is 4.18 Å². The lowest BCUT2D eigenvalue weighted by atomic mass is 10.2. The molecular weight excluding hydrogens is 325 g/mol. The lowest BCUT2D eigenvalue weighted by Gasteiger charge is -2.09. The Bertz CT molecular complexity index is 661. The van der Waals surface area contributed by atoms with Crippen LogP contribution in [0.4, 0.5) is 13.2 Å². The number of benzene rings is 1. The number of rotatable bonds is 5. The fraction of sp³-hybridized carbons (Fsp3) is 0.333. The Kier molecular flexibility index (Phi) is 4.66. The van der Waals surface area contributed by atoms with Crippen molar-refractivity contribution >= 4 is 20.2 Å². The number of hydrogen-bond acceptors (Lipinski definition) is 5. The minimum absolute atomic E-state index is 0.395. The molecule has 0 heterocycles. The molecule has 0 atom stereocenters. The van der Waals surface area contributed by atoms with Gasteiger partial charge in [0, 0.05) is 0 Å². The van der Waals surface area contributed by atoms with Crippen molar-refractivity contribution in [2.24, 2.45) is 0 Å². The van der Waals surface area contributed by atoms with Crippen molar-refractivity contribution in [2.45, 2.75) is 6.18 Å². The minimum atomic E-state index is -4.57. The number of halogens is 3. The zero-order chi connectivity index (χ0) is 15.6. The summed E-state index contributed by atoms with van der Waals surface area (Å²) in [6.07, 6.45) is -4.57. The van der Waals surface area contributed by atoms with Crippen LogP contribution < -0.4 is 4.18 Å². The molecule has 0 saturated carbocycles. The summed E-state index contributed by atoms with van der Waals surface area (Å²) in [7, 11) is -8.82. The second kappa shape index (κ2) is 5.58. The second-order valence-corrected chi connectivity index (χ2v) is 6.92. The zero-order valence-electron chi connectivity index (χ0n) is 9.66. The SMILES string of the molecule is O=S(=O)(O)CCS(=O)(=O)Oc1ccc(C(F)(F)F)cc1. The highest BCUT2D eigenvalue weighted by Crippen LogP contribution is 2.30. The van der Waals surface area contributed by atoms with Gasteiger partial charge in [-0.3, -0.25) is 4.55 Å². The van der Waals surface area contributed by atoms with Crippen molar-refractivity contribution in [1.82, 2.24) is 0 Å². The molecule has 1 N–H and O–H groups in total. The van der Waals surface area contributed by atoms with E-state index in [0.717, 1.165) is 12.1 Å². The maximum absolute atomic E-state index is 12.3. The molecule has 0 aromatic heterocycles. The summed E-state index contributed by atoms with van der Waals surface area (Å²) >= 11 is 0. The molecule has 0 saturated heterocycles. The van der Waals surface area contributed by atoms with Gasteiger partial charge in [-0.05, 0) is 24.3 Å². The van der Waals surface area contributed by atoms with Crippen LogP contribution in [-0.2, 0) is 26.4 Å². The monoisotopic (exact) mass is 334 g/mol. The molecule has 0 unspecified atom stereocenters. The average Bonchev–Trinajstić information content (AvgIpc) is 2.25. The summed E-state index contributed by atoms with van der Waals surface area (Å²) in [5, 5.41) is 0. The Hall–Kier alpha value is -1.33. The van der Waals surface area contributed by atoms with Gasteiger partial charge in [-0.1, -0.05) is 0 Å². The molecule has 0 bridgehead atoms. The molecule has 20 heavy (non-hydrogen) atoms. The molecule has 0 aliphatic carbocycles. The number of hydrogen-bond donors (Lipinski definition) is 1. The van der Waals surface area contributed by atoms with Crippen LogP contribution >= 0.6 is 0 Å². The van der Waals surface area contributed by atoms with E-state index in [4.69, 9.17) is 4.55 Å². The molecule has 0 aliphatic rings. The molecule has 0 amide bonds. The van der Waals surface area contributed by atoms with Crippen LogP contribution in [0.25, 0.3) is 0 Å². The molecular formula is C9H9F3O6S2. The first kappa shape index (κ1) is 16.7. The van der Waals surface area contributed by atoms with E-state index in [9.17, 15) is 30.0 Å². The third-order valence-electron chi connectivity index (χ3n) is 2.00. The normalized spacial score (nSPS) is 13.2. The molecule has 6 nitrogen and oxygen atoms in total. The predicted octanol–water partition coefficient (Wildman–Crippen LogP) is 1.30. The van der Waals surface area contributed by atoms with Crippen LogP contribution in [0.5, 0.6) is 5.75 Å². The molecule has 0 fully saturated rings. The van der Waals surface area contributed by atoms with Gasteiger partial charge in [-0.15, -0.1) is 0 Å². The average molecular weight is 334 g/mol. The fourth-order valence-electron chi connectivity index (χ4n) is 1.10. The van der Waals surface area contributed by atoms with Gasteiger partial charge in [0.05, 0.1) is 11.3 Å². The van der Waals surface area contributed by atoms with Crippen LogP contribution in [0, 0.1) is 0 Å². The second-order valence-electron chi connectivity index (χ2n) is 3.65. The van der Waals surface area contributed by atoms with Crippen molar-refractivity contribution in [3.05, 3.63) is 29.8 Å². The van der Waals surface area contributed by atoms with E-state index >= 15 is 0 Å². The Morgan fingerprint density at radius 1 is 1.00 bits per heavy atom. The zero-order valence-corrected chi connectivity index (χ0v) is 11.3. The molecule has 1 aromatic carbocycles. The molecule has 114 valence electrons. The third-order valence-corrected chi connectivity index (χ3v) is 4.13. The van der Waals surface area contributed by atoms with Crippen LogP contribution in [0.1, 0.15) is 5.56 Å². The van der Waals surface area contributed by atoms with Crippen molar-refractivity contribution in [2.75, 3.05) is 11.5 Å². The van der Waals surface area contributed by atoms with Crippen molar-refractivity contribution in [3.63, 3.8) is 0 Å². The van der Waals surface area contributed by atoms with E-state index in [2.05, 4.69) is 4.18 Å². The summed E-state index contributed by atoms with van der Waals surface area (Å²) in [4.78, 5) is 0. The quantitative estimate of drug-likeness (QED) is 0.644. The highest BCUT2D eigenvalue weighted by atomic mass is 32.2. The van der Waals surface area contributed by atoms with Crippen molar-refractivity contribution in [3.8, 4) is 5.75 Å². The van der Waals surface area contributed by atoms with Gasteiger partial charge in [-0.2, -0.15) is 30.0 Å².